The summed E-state index contributed by atoms with van der Waals surface area (Å²) in [4.78, 5) is 40.0. The molecule has 4 rings (SSSR count). The second kappa shape index (κ2) is 8.07. The predicted octanol–water partition coefficient (Wildman–Crippen LogP) is -0.752. The Morgan fingerprint density at radius 1 is 1.15 bits per heavy atom. The quantitative estimate of drug-likeness (QED) is 0.232. The average molecular weight is 485 g/mol. The summed E-state index contributed by atoms with van der Waals surface area (Å²) in [5.74, 6) is -7.90. The van der Waals surface area contributed by atoms with Crippen LogP contribution >= 0.6 is 0 Å². The maximum absolute atomic E-state index is 13.7. The molecule has 1 amide bonds. The number of nitrogens with two attached hydrogens (primary N) is 1. The van der Waals surface area contributed by atoms with Gasteiger partial charge in [0, 0.05) is 17.4 Å². The van der Waals surface area contributed by atoms with E-state index in [2.05, 4.69) is 0 Å². The monoisotopic (exact) mass is 484 g/mol. The van der Waals surface area contributed by atoms with Gasteiger partial charge in [0.2, 0.25) is 5.78 Å². The van der Waals surface area contributed by atoms with Crippen LogP contribution in [0.3, 0.4) is 0 Å². The number of nitrogens with zero attached hydrogens (tertiary/aromatic N) is 1. The van der Waals surface area contributed by atoms with E-state index in [-0.39, 0.29) is 55.3 Å². The van der Waals surface area contributed by atoms with Crippen LogP contribution in [-0.2, 0) is 20.0 Å². The number of likely N-dealkylation sites (N-methyl/N-ethyl adjacent to an activating group) is 1. The molecule has 0 bridgehead atoms. The van der Waals surface area contributed by atoms with Gasteiger partial charge in [0.15, 0.2) is 11.4 Å². The zero-order chi connectivity index (χ0) is 23.9. The van der Waals surface area contributed by atoms with Gasteiger partial charge in [-0.2, -0.15) is 0 Å². The number of benzene rings is 1. The van der Waals surface area contributed by atoms with E-state index in [1.54, 1.807) is 0 Å². The molecule has 1 fully saturated rings. The van der Waals surface area contributed by atoms with Gasteiger partial charge in [0.1, 0.15) is 22.8 Å². The molecule has 1 saturated carbocycles. The van der Waals surface area contributed by atoms with E-state index < -0.39 is 75.0 Å². The summed E-state index contributed by atoms with van der Waals surface area (Å²) in [6, 6.07) is 3.02. The van der Waals surface area contributed by atoms with Crippen LogP contribution in [0.5, 0.6) is 5.75 Å². The molecule has 0 aromatic heterocycles. The third-order valence-electron chi connectivity index (χ3n) is 7.02. The number of phenols is 1. The van der Waals surface area contributed by atoms with E-state index in [0.29, 0.717) is 0 Å². The molecule has 33 heavy (non-hydrogen) atoms. The van der Waals surface area contributed by atoms with Gasteiger partial charge in [-0.1, -0.05) is 12.1 Å². The number of carbonyl (C=O) groups excluding carboxylic acids is 3. The molecular weight excluding hydrogens is 460 g/mol. The maximum atomic E-state index is 13.7. The summed E-state index contributed by atoms with van der Waals surface area (Å²) in [5, 5.41) is 54.9. The smallest absolute Gasteiger partial charge is 0.508 e. The number of carbonyl (C=O) groups is 3. The van der Waals surface area contributed by atoms with Crippen LogP contribution in [0.2, 0.25) is 0 Å². The molecule has 1 aromatic rings. The number of Topliss-reactive ketones (excluding diaryl/α,β-unsaturated/α-hetero) is 2. The number of fused-ring (bicyclic) bond motifs is 3. The zero-order valence-corrected chi connectivity index (χ0v) is 20.6. The van der Waals surface area contributed by atoms with Crippen molar-refractivity contribution in [3.8, 4) is 5.75 Å². The molecule has 0 unspecified atom stereocenters. The molecule has 1 aromatic carbocycles. The van der Waals surface area contributed by atoms with Crippen LogP contribution in [0, 0.1) is 11.8 Å². The Morgan fingerprint density at radius 3 is 2.30 bits per heavy atom. The molecule has 11 heteroatoms. The normalized spacial score (nSPS) is 33.3. The third kappa shape index (κ3) is 3.19. The number of ketones is 2. The number of primary amides is 1. The fourth-order valence-corrected chi connectivity index (χ4v) is 5.50. The summed E-state index contributed by atoms with van der Waals surface area (Å²) in [6.45, 7) is 1.40. The van der Waals surface area contributed by atoms with E-state index in [9.17, 15) is 39.9 Å². The van der Waals surface area contributed by atoms with Gasteiger partial charge in [-0.25, -0.2) is 0 Å². The molecule has 170 valence electrons. The predicted molar refractivity (Wildman–Crippen MR) is 116 cm³/mol. The Bertz CT molecular complexity index is 1160. The second-order valence-electron chi connectivity index (χ2n) is 8.96. The van der Waals surface area contributed by atoms with Gasteiger partial charge in [-0.05, 0) is 39.1 Å². The van der Waals surface area contributed by atoms with Crippen LogP contribution in [-0.4, -0.2) is 111 Å². The first-order chi connectivity index (χ1) is 14.8. The topological polar surface area (TPSA) is 182 Å². The van der Waals surface area contributed by atoms with Crippen molar-refractivity contribution in [3.63, 3.8) is 0 Å². The Hall–Kier alpha value is -1.95. The summed E-state index contributed by atoms with van der Waals surface area (Å²) in [6.07, 6.45) is -0.200. The first kappa shape index (κ1) is 25.7. The first-order valence-electron chi connectivity index (χ1n) is 9.97. The van der Waals surface area contributed by atoms with E-state index in [1.807, 2.05) is 0 Å². The van der Waals surface area contributed by atoms with Gasteiger partial charge in [0.25, 0.3) is 5.91 Å². The van der Waals surface area contributed by atoms with Crippen molar-refractivity contribution in [2.24, 2.45) is 17.6 Å². The molecule has 0 radical (unpaired) electrons. The van der Waals surface area contributed by atoms with Crippen LogP contribution in [0.4, 0.5) is 0 Å². The van der Waals surface area contributed by atoms with Crippen molar-refractivity contribution in [2.75, 3.05) is 14.1 Å². The molecular formula is C22H24CaN2O8+2. The minimum absolute atomic E-state index is 0. The van der Waals surface area contributed by atoms with Gasteiger partial charge in [-0.15, -0.1) is 0 Å². The zero-order valence-electron chi connectivity index (χ0n) is 18.4. The second-order valence-corrected chi connectivity index (χ2v) is 8.96. The van der Waals surface area contributed by atoms with Crippen molar-refractivity contribution in [1.29, 1.82) is 0 Å². The summed E-state index contributed by atoms with van der Waals surface area (Å²) in [5.41, 5.74) is -0.548. The summed E-state index contributed by atoms with van der Waals surface area (Å²) >= 11 is 0. The maximum Gasteiger partial charge on any atom is 2.00 e. The van der Waals surface area contributed by atoms with Crippen LogP contribution in [0.15, 0.2) is 35.1 Å². The summed E-state index contributed by atoms with van der Waals surface area (Å²) in [7, 11) is 3.01. The number of rotatable bonds is 2. The Balaban J connectivity index is 0.00000306. The van der Waals surface area contributed by atoms with E-state index >= 15 is 0 Å². The minimum Gasteiger partial charge on any atom is -0.508 e. The number of phenolic OH excluding ortho intramolecular Hbond substituents is 1. The Labute approximate surface area is 219 Å². The molecule has 0 heterocycles. The number of aliphatic hydroxyl groups is 4. The number of amides is 1. The first-order valence-corrected chi connectivity index (χ1v) is 9.97. The van der Waals surface area contributed by atoms with Crippen molar-refractivity contribution < 1.29 is 39.9 Å². The SMILES string of the molecule is CN(C)[C@@H]1C(=O)C(C(N)=O)=C(O)[C@@]2(O)C(=O)C3=C(O)c4c(O)cccc4[C@@](C)(O)[C@H]3C[C@@H]12.[Ca+2]. The third-order valence-corrected chi connectivity index (χ3v) is 7.02. The van der Waals surface area contributed by atoms with Gasteiger partial charge in [0.05, 0.1) is 17.2 Å². The van der Waals surface area contributed by atoms with Gasteiger partial charge in [-0.3, -0.25) is 19.3 Å². The number of hydrogen-bond donors (Lipinski definition) is 6. The van der Waals surface area contributed by atoms with E-state index in [1.165, 1.54) is 44.1 Å². The van der Waals surface area contributed by atoms with E-state index in [0.717, 1.165) is 0 Å². The largest absolute Gasteiger partial charge is 2.00 e. The minimum atomic E-state index is -2.75. The fraction of sp³-hybridized carbons (Fsp3) is 0.409. The van der Waals surface area contributed by atoms with Gasteiger partial charge < -0.3 is 31.3 Å². The average Bonchev–Trinajstić information content (AvgIpc) is 2.68. The van der Waals surface area contributed by atoms with Crippen molar-refractivity contribution in [1.82, 2.24) is 4.90 Å². The molecule has 5 atom stereocenters. The molecule has 0 saturated heterocycles. The van der Waals surface area contributed by atoms with Crippen LogP contribution in [0.1, 0.15) is 24.5 Å². The molecule has 10 nitrogen and oxygen atoms in total. The van der Waals surface area contributed by atoms with Crippen molar-refractivity contribution >= 4 is 61.0 Å². The number of hydrogen-bond acceptors (Lipinski definition) is 9. The van der Waals surface area contributed by atoms with Gasteiger partial charge >= 0.3 is 37.7 Å². The van der Waals surface area contributed by atoms with E-state index in [4.69, 9.17) is 5.73 Å². The molecule has 7 N–H and O–H groups in total. The number of aliphatic hydroxyl groups excluding tert-OH is 2. The Morgan fingerprint density at radius 2 is 1.76 bits per heavy atom. The number of aromatic hydroxyl groups is 1. The summed E-state index contributed by atoms with van der Waals surface area (Å²) < 4.78 is 0. The van der Waals surface area contributed by atoms with Crippen molar-refractivity contribution in [3.05, 3.63) is 46.2 Å². The molecule has 3 aliphatic rings. The standard InChI is InChI=1S/C22H24N2O8.Ca/c1-21(31)8-5-4-6-11(25)12(8)16(26)13-9(21)7-10-15(24(2)3)17(27)14(20(23)30)19(29)22(10,32)18(13)28;/h4-6,9-10,15,25-26,29,31-32H,7H2,1-3H3,(H2,23,30);/q;+2/t9-,10-,15-,21+,22-;/m0./s1. The van der Waals surface area contributed by atoms with Crippen LogP contribution < -0.4 is 5.73 Å². The van der Waals surface area contributed by atoms with Crippen molar-refractivity contribution in [2.45, 2.75) is 30.6 Å². The van der Waals surface area contributed by atoms with Crippen LogP contribution in [0.25, 0.3) is 5.76 Å². The molecule has 0 spiro atoms. The Kier molecular flexibility index (Phi) is 6.28. The molecule has 0 aliphatic heterocycles. The fourth-order valence-electron chi connectivity index (χ4n) is 5.50. The molecule has 3 aliphatic carbocycles.